The van der Waals surface area contributed by atoms with Gasteiger partial charge in [-0.15, -0.1) is 0 Å². The van der Waals surface area contributed by atoms with Crippen LogP contribution in [0.25, 0.3) is 10.4 Å². The standard InChI is InChI=1S/C3H9N5O2S/c1-5-11(9,10)7-3-2-6-8-4/h5,7H,2-3H2,1H3. The van der Waals surface area contributed by atoms with E-state index >= 15 is 0 Å². The number of hydrogen-bond acceptors (Lipinski definition) is 3. The Bertz CT molecular complexity index is 240. The van der Waals surface area contributed by atoms with E-state index in [9.17, 15) is 8.42 Å². The minimum Gasteiger partial charge on any atom is -0.205 e. The molecule has 0 atom stereocenters. The van der Waals surface area contributed by atoms with Crippen molar-refractivity contribution in [3.8, 4) is 0 Å². The Morgan fingerprint density at radius 3 is 2.73 bits per heavy atom. The molecule has 0 aromatic carbocycles. The third-order valence-corrected chi connectivity index (χ3v) is 1.96. The first kappa shape index (κ1) is 10.2. The van der Waals surface area contributed by atoms with Gasteiger partial charge in [0.05, 0.1) is 0 Å². The molecule has 0 rings (SSSR count). The quantitative estimate of drug-likeness (QED) is 0.253. The van der Waals surface area contributed by atoms with Crippen molar-refractivity contribution < 1.29 is 8.42 Å². The maximum Gasteiger partial charge on any atom is 0.276 e. The predicted octanol–water partition coefficient (Wildman–Crippen LogP) is -0.649. The summed E-state index contributed by atoms with van der Waals surface area (Å²) >= 11 is 0. The second kappa shape index (κ2) is 4.91. The zero-order valence-corrected chi connectivity index (χ0v) is 6.80. The highest BCUT2D eigenvalue weighted by atomic mass is 32.2. The van der Waals surface area contributed by atoms with Crippen LogP contribution in [0.15, 0.2) is 5.11 Å². The average molecular weight is 179 g/mol. The molecule has 0 aromatic heterocycles. The van der Waals surface area contributed by atoms with Gasteiger partial charge in [-0.1, -0.05) is 5.11 Å². The Balaban J connectivity index is 3.63. The first-order chi connectivity index (χ1) is 5.12. The summed E-state index contributed by atoms with van der Waals surface area (Å²) in [6.07, 6.45) is 0. The molecular formula is C3H9N5O2S. The topological polar surface area (TPSA) is 107 Å². The largest absolute Gasteiger partial charge is 0.276 e. The lowest BCUT2D eigenvalue weighted by Gasteiger charge is -2.00. The van der Waals surface area contributed by atoms with Gasteiger partial charge in [-0.3, -0.25) is 0 Å². The van der Waals surface area contributed by atoms with Gasteiger partial charge in [-0.2, -0.15) is 8.42 Å². The predicted molar refractivity (Wildman–Crippen MR) is 40.0 cm³/mol. The lowest BCUT2D eigenvalue weighted by Crippen LogP contribution is -2.35. The van der Waals surface area contributed by atoms with E-state index in [0.29, 0.717) is 0 Å². The van der Waals surface area contributed by atoms with Crippen LogP contribution in [0.4, 0.5) is 0 Å². The molecule has 2 N–H and O–H groups in total. The van der Waals surface area contributed by atoms with E-state index in [2.05, 4.69) is 14.7 Å². The van der Waals surface area contributed by atoms with Crippen molar-refractivity contribution in [2.24, 2.45) is 5.11 Å². The molecule has 0 spiro atoms. The third-order valence-electron chi connectivity index (χ3n) is 0.836. The molecule has 11 heavy (non-hydrogen) atoms. The summed E-state index contributed by atoms with van der Waals surface area (Å²) in [6, 6.07) is 0. The van der Waals surface area contributed by atoms with Crippen molar-refractivity contribution in [2.75, 3.05) is 20.1 Å². The number of nitrogens with one attached hydrogen (secondary N) is 2. The molecule has 64 valence electrons. The fourth-order valence-corrected chi connectivity index (χ4v) is 0.851. The highest BCUT2D eigenvalue weighted by Gasteiger charge is 2.01. The molecule has 0 heterocycles. The van der Waals surface area contributed by atoms with Crippen LogP contribution in [0.3, 0.4) is 0 Å². The summed E-state index contributed by atoms with van der Waals surface area (Å²) in [6.45, 7) is 0.213. The minimum absolute atomic E-state index is 0.104. The zero-order valence-electron chi connectivity index (χ0n) is 5.98. The molecule has 0 amide bonds. The molecule has 0 aliphatic rings. The average Bonchev–Trinajstić information content (AvgIpc) is 1.99. The van der Waals surface area contributed by atoms with Gasteiger partial charge in [0, 0.05) is 25.0 Å². The van der Waals surface area contributed by atoms with Crippen LogP contribution in [-0.4, -0.2) is 28.6 Å². The van der Waals surface area contributed by atoms with E-state index in [1.807, 2.05) is 4.72 Å². The van der Waals surface area contributed by atoms with Gasteiger partial charge in [0.25, 0.3) is 10.2 Å². The van der Waals surface area contributed by atoms with Crippen LogP contribution in [0.5, 0.6) is 0 Å². The van der Waals surface area contributed by atoms with Gasteiger partial charge in [-0.25, -0.2) is 9.44 Å². The second-order valence-corrected chi connectivity index (χ2v) is 3.26. The van der Waals surface area contributed by atoms with Crippen molar-refractivity contribution in [1.29, 1.82) is 0 Å². The molecule has 7 nitrogen and oxygen atoms in total. The van der Waals surface area contributed by atoms with Crippen molar-refractivity contribution >= 4 is 10.2 Å². The van der Waals surface area contributed by atoms with Gasteiger partial charge in [0.15, 0.2) is 0 Å². The van der Waals surface area contributed by atoms with Crippen LogP contribution in [0, 0.1) is 0 Å². The summed E-state index contributed by atoms with van der Waals surface area (Å²) in [5, 5.41) is 3.13. The van der Waals surface area contributed by atoms with E-state index in [0.717, 1.165) is 0 Å². The zero-order chi connectivity index (χ0) is 8.74. The molecule has 0 aliphatic carbocycles. The van der Waals surface area contributed by atoms with Crippen LogP contribution in [0.1, 0.15) is 0 Å². The highest BCUT2D eigenvalue weighted by Crippen LogP contribution is 1.73. The number of rotatable bonds is 5. The van der Waals surface area contributed by atoms with Crippen LogP contribution >= 0.6 is 0 Å². The van der Waals surface area contributed by atoms with Crippen molar-refractivity contribution in [1.82, 2.24) is 9.44 Å². The van der Waals surface area contributed by atoms with Crippen LogP contribution < -0.4 is 9.44 Å². The van der Waals surface area contributed by atoms with Crippen LogP contribution in [0.2, 0.25) is 0 Å². The van der Waals surface area contributed by atoms with E-state index in [1.54, 1.807) is 0 Å². The number of hydrogen-bond donors (Lipinski definition) is 2. The Labute approximate surface area is 64.6 Å². The summed E-state index contributed by atoms with van der Waals surface area (Å²) in [7, 11) is -2.10. The maximum absolute atomic E-state index is 10.6. The number of nitrogens with zero attached hydrogens (tertiary/aromatic N) is 3. The van der Waals surface area contributed by atoms with Gasteiger partial charge >= 0.3 is 0 Å². The summed E-state index contributed by atoms with van der Waals surface area (Å²) in [5.41, 5.74) is 7.82. The lowest BCUT2D eigenvalue weighted by atomic mass is 10.7. The molecule has 0 aliphatic heterocycles. The summed E-state index contributed by atoms with van der Waals surface area (Å²) in [5.74, 6) is 0. The van der Waals surface area contributed by atoms with Gasteiger partial charge in [-0.05, 0) is 5.53 Å². The second-order valence-electron chi connectivity index (χ2n) is 1.56. The van der Waals surface area contributed by atoms with E-state index in [-0.39, 0.29) is 13.1 Å². The van der Waals surface area contributed by atoms with E-state index < -0.39 is 10.2 Å². The van der Waals surface area contributed by atoms with Gasteiger partial charge in [0.1, 0.15) is 0 Å². The molecule has 0 radical (unpaired) electrons. The molecule has 0 fully saturated rings. The van der Waals surface area contributed by atoms with Gasteiger partial charge < -0.3 is 0 Å². The molecule has 0 aromatic rings. The van der Waals surface area contributed by atoms with Crippen LogP contribution in [-0.2, 0) is 10.2 Å². The lowest BCUT2D eigenvalue weighted by molar-refractivity contribution is 0.574. The van der Waals surface area contributed by atoms with E-state index in [4.69, 9.17) is 5.53 Å². The third kappa shape index (κ3) is 5.62. The SMILES string of the molecule is CNS(=O)(=O)NCCN=[N+]=[N-]. The fraction of sp³-hybridized carbons (Fsp3) is 1.00. The Kier molecular flexibility index (Phi) is 4.55. The Hall–Kier alpha value is -0.820. The summed E-state index contributed by atoms with van der Waals surface area (Å²) < 4.78 is 25.4. The fourth-order valence-electron chi connectivity index (χ4n) is 0.347. The monoisotopic (exact) mass is 179 g/mol. The Morgan fingerprint density at radius 1 is 1.64 bits per heavy atom. The van der Waals surface area contributed by atoms with Crippen molar-refractivity contribution in [2.45, 2.75) is 0 Å². The molecule has 8 heteroatoms. The Morgan fingerprint density at radius 2 is 2.27 bits per heavy atom. The smallest absolute Gasteiger partial charge is 0.205 e. The highest BCUT2D eigenvalue weighted by molar-refractivity contribution is 7.87. The van der Waals surface area contributed by atoms with E-state index in [1.165, 1.54) is 7.05 Å². The summed E-state index contributed by atoms with van der Waals surface area (Å²) in [4.78, 5) is 2.45. The minimum atomic E-state index is -3.38. The first-order valence-electron chi connectivity index (χ1n) is 2.81. The van der Waals surface area contributed by atoms with Crippen molar-refractivity contribution in [3.63, 3.8) is 0 Å². The molecule has 0 unspecified atom stereocenters. The number of azide groups is 1. The first-order valence-corrected chi connectivity index (χ1v) is 4.29. The normalized spacial score (nSPS) is 10.6. The molecule has 0 saturated heterocycles. The molecular weight excluding hydrogens is 170 g/mol. The molecule has 0 saturated carbocycles. The van der Waals surface area contributed by atoms with Gasteiger partial charge in [0.2, 0.25) is 0 Å². The maximum atomic E-state index is 10.6. The molecule has 0 bridgehead atoms. The van der Waals surface area contributed by atoms with Crippen molar-refractivity contribution in [3.05, 3.63) is 10.4 Å².